The van der Waals surface area contributed by atoms with Gasteiger partial charge >= 0.3 is 0 Å². The van der Waals surface area contributed by atoms with Crippen molar-refractivity contribution in [3.8, 4) is 23.0 Å². The van der Waals surface area contributed by atoms with Crippen molar-refractivity contribution in [2.45, 2.75) is 12.3 Å². The van der Waals surface area contributed by atoms with E-state index in [1.165, 1.54) is 0 Å². The van der Waals surface area contributed by atoms with Crippen LogP contribution < -0.4 is 24.7 Å². The molecule has 0 aliphatic rings. The Labute approximate surface area is 143 Å². The Hall–Kier alpha value is -2.40. The summed E-state index contributed by atoms with van der Waals surface area (Å²) in [6.45, 7) is 0.498. The summed E-state index contributed by atoms with van der Waals surface area (Å²) in [7, 11) is 6.58. The van der Waals surface area contributed by atoms with Gasteiger partial charge in [0, 0.05) is 18.1 Å². The summed E-state index contributed by atoms with van der Waals surface area (Å²) in [4.78, 5) is 0. The highest BCUT2D eigenvalue weighted by Crippen LogP contribution is 2.34. The van der Waals surface area contributed by atoms with Crippen LogP contribution in [0.3, 0.4) is 0 Å². The molecule has 2 N–H and O–H groups in total. The molecule has 0 radical (unpaired) electrons. The second-order valence-electron chi connectivity index (χ2n) is 5.42. The lowest BCUT2D eigenvalue weighted by Crippen LogP contribution is -2.16. The van der Waals surface area contributed by atoms with Gasteiger partial charge < -0.3 is 24.7 Å². The molecule has 0 aliphatic carbocycles. The van der Waals surface area contributed by atoms with E-state index in [1.807, 2.05) is 36.4 Å². The molecule has 0 spiro atoms. The maximum Gasteiger partial charge on any atom is 0.126 e. The summed E-state index contributed by atoms with van der Waals surface area (Å²) in [6, 6.07) is 11.6. The first-order valence-corrected chi connectivity index (χ1v) is 7.79. The SMILES string of the molecule is COc1ccc(CC(CN)c2ccc(OC)cc2OC)c(OC)c1. The third-order valence-corrected chi connectivity index (χ3v) is 4.13. The van der Waals surface area contributed by atoms with Crippen molar-refractivity contribution in [2.75, 3.05) is 35.0 Å². The quantitative estimate of drug-likeness (QED) is 0.805. The fourth-order valence-corrected chi connectivity index (χ4v) is 2.76. The van der Waals surface area contributed by atoms with E-state index >= 15 is 0 Å². The van der Waals surface area contributed by atoms with Gasteiger partial charge in [0.05, 0.1) is 28.4 Å². The molecule has 24 heavy (non-hydrogen) atoms. The molecule has 0 heterocycles. The first-order valence-electron chi connectivity index (χ1n) is 7.79. The number of nitrogens with two attached hydrogens (primary N) is 1. The zero-order valence-electron chi connectivity index (χ0n) is 14.7. The smallest absolute Gasteiger partial charge is 0.126 e. The standard InChI is InChI=1S/C19H25NO4/c1-21-15-6-5-13(18(10-15)23-3)9-14(12-20)17-8-7-16(22-2)11-19(17)24-4/h5-8,10-11,14H,9,12,20H2,1-4H3. The molecular weight excluding hydrogens is 306 g/mol. The van der Waals surface area contributed by atoms with Crippen LogP contribution in [0.1, 0.15) is 17.0 Å². The maximum absolute atomic E-state index is 6.04. The minimum Gasteiger partial charge on any atom is -0.497 e. The van der Waals surface area contributed by atoms with Crippen molar-refractivity contribution in [2.24, 2.45) is 5.73 Å². The van der Waals surface area contributed by atoms with E-state index in [2.05, 4.69) is 0 Å². The predicted octanol–water partition coefficient (Wildman–Crippen LogP) is 3.01. The molecule has 5 heteroatoms. The fraction of sp³-hybridized carbons (Fsp3) is 0.368. The predicted molar refractivity (Wildman–Crippen MR) is 94.6 cm³/mol. The molecule has 1 atom stereocenters. The van der Waals surface area contributed by atoms with Crippen molar-refractivity contribution in [1.82, 2.24) is 0 Å². The molecule has 0 aromatic heterocycles. The van der Waals surface area contributed by atoms with Crippen molar-refractivity contribution < 1.29 is 18.9 Å². The van der Waals surface area contributed by atoms with Crippen LogP contribution in [-0.4, -0.2) is 35.0 Å². The first-order chi connectivity index (χ1) is 11.7. The van der Waals surface area contributed by atoms with Gasteiger partial charge in [-0.25, -0.2) is 0 Å². The Morgan fingerprint density at radius 2 is 1.38 bits per heavy atom. The Morgan fingerprint density at radius 3 is 1.92 bits per heavy atom. The van der Waals surface area contributed by atoms with Gasteiger partial charge in [0.1, 0.15) is 23.0 Å². The molecule has 2 aromatic carbocycles. The minimum atomic E-state index is 0.105. The summed E-state index contributed by atoms with van der Waals surface area (Å²) in [5.74, 6) is 3.20. The third kappa shape index (κ3) is 3.92. The maximum atomic E-state index is 6.04. The molecular formula is C19H25NO4. The number of hydrogen-bond donors (Lipinski definition) is 1. The van der Waals surface area contributed by atoms with E-state index in [9.17, 15) is 0 Å². The second kappa shape index (κ2) is 8.45. The average Bonchev–Trinajstić information content (AvgIpc) is 2.65. The summed E-state index contributed by atoms with van der Waals surface area (Å²) in [5.41, 5.74) is 8.17. The van der Waals surface area contributed by atoms with Gasteiger partial charge in [-0.2, -0.15) is 0 Å². The van der Waals surface area contributed by atoms with Crippen LogP contribution in [0.5, 0.6) is 23.0 Å². The number of hydrogen-bond acceptors (Lipinski definition) is 5. The van der Waals surface area contributed by atoms with Gasteiger partial charge in [-0.1, -0.05) is 12.1 Å². The van der Waals surface area contributed by atoms with Crippen LogP contribution in [0.25, 0.3) is 0 Å². The van der Waals surface area contributed by atoms with Crippen molar-refractivity contribution in [3.63, 3.8) is 0 Å². The van der Waals surface area contributed by atoms with E-state index in [0.717, 1.165) is 40.5 Å². The van der Waals surface area contributed by atoms with Crippen LogP contribution >= 0.6 is 0 Å². The Bertz CT molecular complexity index is 672. The van der Waals surface area contributed by atoms with Gasteiger partial charge in [0.25, 0.3) is 0 Å². The van der Waals surface area contributed by atoms with Gasteiger partial charge in [0.15, 0.2) is 0 Å². The number of ether oxygens (including phenoxy) is 4. The van der Waals surface area contributed by atoms with Crippen LogP contribution in [0.2, 0.25) is 0 Å². The largest absolute Gasteiger partial charge is 0.497 e. The molecule has 2 aromatic rings. The molecule has 1 unspecified atom stereocenters. The van der Waals surface area contributed by atoms with Crippen LogP contribution in [0.15, 0.2) is 36.4 Å². The summed E-state index contributed by atoms with van der Waals surface area (Å²) >= 11 is 0. The van der Waals surface area contributed by atoms with E-state index in [4.69, 9.17) is 24.7 Å². The van der Waals surface area contributed by atoms with E-state index < -0.39 is 0 Å². The van der Waals surface area contributed by atoms with E-state index in [1.54, 1.807) is 28.4 Å². The van der Waals surface area contributed by atoms with Crippen molar-refractivity contribution in [3.05, 3.63) is 47.5 Å². The lowest BCUT2D eigenvalue weighted by molar-refractivity contribution is 0.384. The Morgan fingerprint density at radius 1 is 0.792 bits per heavy atom. The zero-order chi connectivity index (χ0) is 17.5. The fourth-order valence-electron chi connectivity index (χ4n) is 2.76. The topological polar surface area (TPSA) is 62.9 Å². The van der Waals surface area contributed by atoms with Crippen LogP contribution in [0.4, 0.5) is 0 Å². The molecule has 0 amide bonds. The number of rotatable bonds is 8. The van der Waals surface area contributed by atoms with Gasteiger partial charge in [0.2, 0.25) is 0 Å². The lowest BCUT2D eigenvalue weighted by atomic mass is 9.90. The normalized spacial score (nSPS) is 11.7. The summed E-state index contributed by atoms with van der Waals surface area (Å²) in [6.07, 6.45) is 0.742. The molecule has 130 valence electrons. The highest BCUT2D eigenvalue weighted by atomic mass is 16.5. The van der Waals surface area contributed by atoms with Crippen molar-refractivity contribution in [1.29, 1.82) is 0 Å². The number of benzene rings is 2. The first kappa shape index (κ1) is 17.9. The van der Waals surface area contributed by atoms with Crippen molar-refractivity contribution >= 4 is 0 Å². The van der Waals surface area contributed by atoms with Crippen LogP contribution in [0, 0.1) is 0 Å². The average molecular weight is 331 g/mol. The highest BCUT2D eigenvalue weighted by molar-refractivity contribution is 5.46. The molecule has 0 saturated heterocycles. The molecule has 5 nitrogen and oxygen atoms in total. The third-order valence-electron chi connectivity index (χ3n) is 4.13. The molecule has 0 fully saturated rings. The lowest BCUT2D eigenvalue weighted by Gasteiger charge is -2.20. The van der Waals surface area contributed by atoms with Gasteiger partial charge in [-0.05, 0) is 36.2 Å². The van der Waals surface area contributed by atoms with E-state index in [0.29, 0.717) is 6.54 Å². The molecule has 0 aliphatic heterocycles. The van der Waals surface area contributed by atoms with Gasteiger partial charge in [-0.15, -0.1) is 0 Å². The Balaban J connectivity index is 2.33. The molecule has 2 rings (SSSR count). The molecule has 0 saturated carbocycles. The Kier molecular flexibility index (Phi) is 6.32. The summed E-state index contributed by atoms with van der Waals surface area (Å²) < 4.78 is 21.5. The number of methoxy groups -OCH3 is 4. The summed E-state index contributed by atoms with van der Waals surface area (Å²) in [5, 5.41) is 0. The van der Waals surface area contributed by atoms with E-state index in [-0.39, 0.29) is 5.92 Å². The minimum absolute atomic E-state index is 0.105. The van der Waals surface area contributed by atoms with Gasteiger partial charge in [-0.3, -0.25) is 0 Å². The zero-order valence-corrected chi connectivity index (χ0v) is 14.7. The highest BCUT2D eigenvalue weighted by Gasteiger charge is 2.18. The monoisotopic (exact) mass is 331 g/mol. The van der Waals surface area contributed by atoms with Crippen LogP contribution in [-0.2, 0) is 6.42 Å². The molecule has 0 bridgehead atoms. The second-order valence-corrected chi connectivity index (χ2v) is 5.42.